The minimum absolute atomic E-state index is 0.0690. The molecule has 0 fully saturated rings. The van der Waals surface area contributed by atoms with E-state index in [1.165, 1.54) is 6.07 Å². The molecule has 20 heavy (non-hydrogen) atoms. The van der Waals surface area contributed by atoms with Crippen molar-refractivity contribution < 1.29 is 19.4 Å². The molecule has 0 amide bonds. The van der Waals surface area contributed by atoms with E-state index in [4.69, 9.17) is 21.1 Å². The number of rotatable bonds is 5. The van der Waals surface area contributed by atoms with E-state index >= 15 is 0 Å². The van der Waals surface area contributed by atoms with Crippen molar-refractivity contribution in [1.82, 2.24) is 0 Å². The number of halogens is 1. The van der Waals surface area contributed by atoms with E-state index in [0.29, 0.717) is 18.1 Å². The summed E-state index contributed by atoms with van der Waals surface area (Å²) in [6.45, 7) is 2.35. The van der Waals surface area contributed by atoms with Crippen molar-refractivity contribution in [2.24, 2.45) is 0 Å². The lowest BCUT2D eigenvalue weighted by molar-refractivity contribution is 0.0694. The Morgan fingerprint density at radius 3 is 2.40 bits per heavy atom. The number of ether oxygens (including phenoxy) is 2. The highest BCUT2D eigenvalue weighted by molar-refractivity contribution is 6.33. The summed E-state index contributed by atoms with van der Waals surface area (Å²) in [5.74, 6) is 0.0297. The summed E-state index contributed by atoms with van der Waals surface area (Å²) in [5, 5.41) is 9.33. The number of carboxylic acids is 1. The van der Waals surface area contributed by atoms with E-state index in [-0.39, 0.29) is 16.3 Å². The molecular formula is C15H13ClO4. The molecule has 0 radical (unpaired) electrons. The van der Waals surface area contributed by atoms with Crippen LogP contribution in [0.3, 0.4) is 0 Å². The van der Waals surface area contributed by atoms with Crippen molar-refractivity contribution in [2.45, 2.75) is 6.92 Å². The number of carboxylic acid groups (broad SMARTS) is 1. The van der Waals surface area contributed by atoms with Gasteiger partial charge in [0.2, 0.25) is 0 Å². The van der Waals surface area contributed by atoms with Crippen molar-refractivity contribution in [1.29, 1.82) is 0 Å². The maximum absolute atomic E-state index is 11.2. The first kappa shape index (κ1) is 14.2. The molecule has 2 aromatic carbocycles. The van der Waals surface area contributed by atoms with Gasteiger partial charge in [-0.2, -0.15) is 0 Å². The molecule has 0 aliphatic heterocycles. The second-order valence-electron chi connectivity index (χ2n) is 3.90. The standard InChI is InChI=1S/C15H13ClO4/c1-2-19-11-7-3-4-8-12(11)20-13-9-5-6-10(16)14(13)15(17)18/h3-9H,2H2,1H3,(H,17,18). The topological polar surface area (TPSA) is 55.8 Å². The summed E-state index contributed by atoms with van der Waals surface area (Å²) in [5.41, 5.74) is -0.0690. The zero-order valence-electron chi connectivity index (χ0n) is 10.8. The fraction of sp³-hybridized carbons (Fsp3) is 0.133. The van der Waals surface area contributed by atoms with Gasteiger partial charge in [-0.15, -0.1) is 0 Å². The van der Waals surface area contributed by atoms with Gasteiger partial charge >= 0.3 is 5.97 Å². The first-order valence-corrected chi connectivity index (χ1v) is 6.42. The third-order valence-electron chi connectivity index (χ3n) is 2.56. The van der Waals surface area contributed by atoms with E-state index in [9.17, 15) is 9.90 Å². The summed E-state index contributed by atoms with van der Waals surface area (Å²) in [6.07, 6.45) is 0. The van der Waals surface area contributed by atoms with E-state index in [1.807, 2.05) is 13.0 Å². The molecule has 1 N–H and O–H groups in total. The van der Waals surface area contributed by atoms with Crippen LogP contribution in [-0.4, -0.2) is 17.7 Å². The van der Waals surface area contributed by atoms with Crippen LogP contribution in [0.5, 0.6) is 17.2 Å². The summed E-state index contributed by atoms with van der Waals surface area (Å²) in [7, 11) is 0. The highest BCUT2D eigenvalue weighted by Gasteiger charge is 2.17. The number of benzene rings is 2. The smallest absolute Gasteiger partial charge is 0.341 e. The van der Waals surface area contributed by atoms with Crippen molar-refractivity contribution in [3.63, 3.8) is 0 Å². The van der Waals surface area contributed by atoms with Crippen molar-refractivity contribution in [3.05, 3.63) is 53.1 Å². The van der Waals surface area contributed by atoms with Gasteiger partial charge in [-0.1, -0.05) is 29.8 Å². The third kappa shape index (κ3) is 3.03. The third-order valence-corrected chi connectivity index (χ3v) is 2.87. The Morgan fingerprint density at radius 1 is 1.10 bits per heavy atom. The van der Waals surface area contributed by atoms with Crippen LogP contribution in [0.2, 0.25) is 5.02 Å². The Labute approximate surface area is 121 Å². The first-order chi connectivity index (χ1) is 9.63. The lowest BCUT2D eigenvalue weighted by atomic mass is 10.2. The van der Waals surface area contributed by atoms with Gasteiger partial charge in [0.15, 0.2) is 11.5 Å². The van der Waals surface area contributed by atoms with E-state index in [2.05, 4.69) is 0 Å². The molecule has 2 rings (SSSR count). The fourth-order valence-corrected chi connectivity index (χ4v) is 1.97. The Balaban J connectivity index is 2.40. The molecule has 0 saturated heterocycles. The van der Waals surface area contributed by atoms with Crippen molar-refractivity contribution in [3.8, 4) is 17.2 Å². The van der Waals surface area contributed by atoms with Gasteiger partial charge in [0.1, 0.15) is 11.3 Å². The zero-order chi connectivity index (χ0) is 14.5. The van der Waals surface area contributed by atoms with Gasteiger partial charge in [0.25, 0.3) is 0 Å². The van der Waals surface area contributed by atoms with Crippen LogP contribution in [0.1, 0.15) is 17.3 Å². The van der Waals surface area contributed by atoms with E-state index in [0.717, 1.165) is 0 Å². The highest BCUT2D eigenvalue weighted by atomic mass is 35.5. The van der Waals surface area contributed by atoms with Crippen LogP contribution in [-0.2, 0) is 0 Å². The minimum Gasteiger partial charge on any atom is -0.490 e. The molecule has 0 aliphatic carbocycles. The van der Waals surface area contributed by atoms with Crippen LogP contribution in [0, 0.1) is 0 Å². The minimum atomic E-state index is -1.14. The lowest BCUT2D eigenvalue weighted by Gasteiger charge is -2.13. The van der Waals surface area contributed by atoms with Crippen LogP contribution < -0.4 is 9.47 Å². The molecule has 0 spiro atoms. The van der Waals surface area contributed by atoms with Gasteiger partial charge in [0, 0.05) is 0 Å². The molecule has 0 aliphatic rings. The van der Waals surface area contributed by atoms with Crippen LogP contribution in [0.15, 0.2) is 42.5 Å². The van der Waals surface area contributed by atoms with E-state index in [1.54, 1.807) is 30.3 Å². The van der Waals surface area contributed by atoms with Crippen LogP contribution in [0.25, 0.3) is 0 Å². The van der Waals surface area contributed by atoms with Crippen molar-refractivity contribution in [2.75, 3.05) is 6.61 Å². The number of aromatic carboxylic acids is 1. The maximum atomic E-state index is 11.2. The second-order valence-corrected chi connectivity index (χ2v) is 4.31. The van der Waals surface area contributed by atoms with Gasteiger partial charge in [-0.3, -0.25) is 0 Å². The molecule has 0 bridgehead atoms. The number of hydrogen-bond donors (Lipinski definition) is 1. The van der Waals surface area contributed by atoms with Gasteiger partial charge in [-0.25, -0.2) is 4.79 Å². The largest absolute Gasteiger partial charge is 0.490 e. The molecule has 0 unspecified atom stereocenters. The molecule has 0 saturated carbocycles. The Kier molecular flexibility index (Phi) is 4.48. The summed E-state index contributed by atoms with van der Waals surface area (Å²) >= 11 is 5.90. The Morgan fingerprint density at radius 2 is 1.75 bits per heavy atom. The van der Waals surface area contributed by atoms with E-state index < -0.39 is 5.97 Å². The zero-order valence-corrected chi connectivity index (χ0v) is 11.6. The predicted octanol–water partition coefficient (Wildman–Crippen LogP) is 4.23. The number of para-hydroxylation sites is 2. The first-order valence-electron chi connectivity index (χ1n) is 6.05. The predicted molar refractivity (Wildman–Crippen MR) is 76.1 cm³/mol. The average Bonchev–Trinajstić information content (AvgIpc) is 2.41. The molecule has 5 heteroatoms. The SMILES string of the molecule is CCOc1ccccc1Oc1cccc(Cl)c1C(=O)O. The summed E-state index contributed by atoms with van der Waals surface area (Å²) in [4.78, 5) is 11.2. The van der Waals surface area contributed by atoms with Crippen LogP contribution >= 0.6 is 11.6 Å². The lowest BCUT2D eigenvalue weighted by Crippen LogP contribution is -2.02. The Hall–Kier alpha value is -2.20. The molecule has 0 atom stereocenters. The molecule has 104 valence electrons. The number of carbonyl (C=O) groups is 1. The Bertz CT molecular complexity index is 625. The summed E-state index contributed by atoms with van der Waals surface area (Å²) in [6, 6.07) is 11.7. The van der Waals surface area contributed by atoms with Gasteiger partial charge in [0.05, 0.1) is 11.6 Å². The fourth-order valence-electron chi connectivity index (χ4n) is 1.72. The van der Waals surface area contributed by atoms with Crippen molar-refractivity contribution >= 4 is 17.6 Å². The molecule has 0 heterocycles. The molecule has 2 aromatic rings. The van der Waals surface area contributed by atoms with Crippen LogP contribution in [0.4, 0.5) is 0 Å². The summed E-state index contributed by atoms with van der Waals surface area (Å²) < 4.78 is 11.1. The molecular weight excluding hydrogens is 280 g/mol. The normalized spacial score (nSPS) is 10.1. The van der Waals surface area contributed by atoms with Gasteiger partial charge in [-0.05, 0) is 31.2 Å². The number of hydrogen-bond acceptors (Lipinski definition) is 3. The van der Waals surface area contributed by atoms with Gasteiger partial charge < -0.3 is 14.6 Å². The second kappa shape index (κ2) is 6.30. The molecule has 4 nitrogen and oxygen atoms in total. The maximum Gasteiger partial charge on any atom is 0.341 e. The monoisotopic (exact) mass is 292 g/mol. The average molecular weight is 293 g/mol. The molecule has 0 aromatic heterocycles. The highest BCUT2D eigenvalue weighted by Crippen LogP contribution is 2.35. The quantitative estimate of drug-likeness (QED) is 0.896.